The van der Waals surface area contributed by atoms with Crippen LogP contribution in [-0.4, -0.2) is 155 Å². The smallest absolute Gasteiger partial charge is 0.410 e. The maximum atomic E-state index is 14.9. The Morgan fingerprint density at radius 3 is 2.34 bits per heavy atom. The van der Waals surface area contributed by atoms with E-state index in [-0.39, 0.29) is 38.0 Å². The molecule has 1 aromatic carbocycles. The molecule has 67 heavy (non-hydrogen) atoms. The van der Waals surface area contributed by atoms with Gasteiger partial charge in [0.2, 0.25) is 0 Å². The van der Waals surface area contributed by atoms with E-state index in [0.717, 1.165) is 16.5 Å². The van der Waals surface area contributed by atoms with Gasteiger partial charge < -0.3 is 58.1 Å². The standard InChI is InChI=1S/C50H75N3O14/c1-14-37-49(10)50(59,52-46(58)67-49)31(6)39(54)27(2)24-48(9,61-21-17-18-33-23-34-19-15-16-20-35(34)51-26-33)43(66-45-40(55)36(53(11)12)22-28(3)62-45)29(4)41(30(5)44(57)64-37)65-38-25-47(8,60-13)42(56)32(7)63-38/h15-20,23,26-32,36-38,40-43,45,55-56,59H,14,21-22,24-25H2,1-13H3,(H,52,58)/t27-,28-,29+,30-,31+,32+,36+,37-,38+,40-,41+,42+,43-,45+,47?,48-,49-,50+/m1/s1. The molecule has 0 radical (unpaired) electrons. The molecule has 4 N–H and O–H groups in total. The lowest BCUT2D eigenvalue weighted by Crippen LogP contribution is -2.67. The third kappa shape index (κ3) is 10.6. The number of fused-ring (bicyclic) bond motifs is 2. The summed E-state index contributed by atoms with van der Waals surface area (Å²) in [5.74, 6) is -5.27. The minimum absolute atomic E-state index is 0.0116. The number of ether oxygens (including phenoxy) is 8. The predicted octanol–water partition coefficient (Wildman–Crippen LogP) is 5.15. The van der Waals surface area contributed by atoms with Gasteiger partial charge in [-0.05, 0) is 92.6 Å². The summed E-state index contributed by atoms with van der Waals surface area (Å²) in [5.41, 5.74) is -5.07. The van der Waals surface area contributed by atoms with Gasteiger partial charge in [0.15, 0.2) is 23.9 Å². The van der Waals surface area contributed by atoms with Crippen LogP contribution in [0, 0.1) is 23.7 Å². The summed E-state index contributed by atoms with van der Waals surface area (Å²) in [7, 11) is 5.25. The highest BCUT2D eigenvalue weighted by molar-refractivity contribution is 5.86. The fraction of sp³-hybridized carbons (Fsp3) is 0.720. The van der Waals surface area contributed by atoms with Crippen molar-refractivity contribution in [3.05, 3.63) is 48.2 Å². The highest BCUT2D eigenvalue weighted by Crippen LogP contribution is 2.46. The van der Waals surface area contributed by atoms with E-state index in [4.69, 9.17) is 37.9 Å². The monoisotopic (exact) mass is 942 g/mol. The molecule has 4 fully saturated rings. The number of ketones is 1. The van der Waals surface area contributed by atoms with Gasteiger partial charge in [0.25, 0.3) is 0 Å². The first kappa shape index (κ1) is 52.7. The molecule has 4 saturated heterocycles. The number of esters is 1. The van der Waals surface area contributed by atoms with E-state index in [9.17, 15) is 29.7 Å². The number of pyridine rings is 1. The fourth-order valence-electron chi connectivity index (χ4n) is 10.9. The van der Waals surface area contributed by atoms with Crippen LogP contribution in [0.1, 0.15) is 100 Å². The van der Waals surface area contributed by atoms with Crippen molar-refractivity contribution in [2.75, 3.05) is 27.8 Å². The van der Waals surface area contributed by atoms with Crippen LogP contribution in [0.5, 0.6) is 0 Å². The van der Waals surface area contributed by atoms with Crippen molar-refractivity contribution in [3.8, 4) is 0 Å². The molecule has 1 aromatic heterocycles. The molecule has 1 unspecified atom stereocenters. The topological polar surface area (TPSA) is 214 Å². The summed E-state index contributed by atoms with van der Waals surface area (Å²) in [5, 5.41) is 39.1. The Morgan fingerprint density at radius 2 is 1.67 bits per heavy atom. The molecule has 0 saturated carbocycles. The van der Waals surface area contributed by atoms with E-state index in [1.54, 1.807) is 40.8 Å². The molecule has 0 bridgehead atoms. The Hall–Kier alpha value is -3.62. The number of hydrogen-bond acceptors (Lipinski definition) is 16. The molecule has 17 heteroatoms. The Bertz CT molecular complexity index is 2090. The molecule has 4 aliphatic rings. The van der Waals surface area contributed by atoms with Crippen molar-refractivity contribution in [2.45, 2.75) is 179 Å². The quantitative estimate of drug-likeness (QED) is 0.215. The van der Waals surface area contributed by atoms with Gasteiger partial charge in [-0.1, -0.05) is 58.0 Å². The van der Waals surface area contributed by atoms with Gasteiger partial charge in [-0.15, -0.1) is 0 Å². The zero-order valence-corrected chi connectivity index (χ0v) is 41.5. The molecule has 0 aliphatic carbocycles. The first-order chi connectivity index (χ1) is 31.4. The van der Waals surface area contributed by atoms with Gasteiger partial charge >= 0.3 is 12.1 Å². The maximum Gasteiger partial charge on any atom is 0.410 e. The van der Waals surface area contributed by atoms with Crippen molar-refractivity contribution in [3.63, 3.8) is 0 Å². The van der Waals surface area contributed by atoms with Crippen LogP contribution in [0.25, 0.3) is 17.0 Å². The largest absolute Gasteiger partial charge is 0.458 e. The molecule has 5 heterocycles. The van der Waals surface area contributed by atoms with Crippen LogP contribution in [0.2, 0.25) is 0 Å². The summed E-state index contributed by atoms with van der Waals surface area (Å²) >= 11 is 0. The number of nitrogens with zero attached hydrogens (tertiary/aromatic N) is 2. The zero-order chi connectivity index (χ0) is 49.4. The first-order valence-corrected chi connectivity index (χ1v) is 23.7. The Labute approximate surface area is 395 Å². The summed E-state index contributed by atoms with van der Waals surface area (Å²) in [6.45, 7) is 17.1. The normalized spacial score (nSPS) is 42.6. The molecule has 6 rings (SSSR count). The number of alkyl carbamates (subject to hydrolysis) is 1. The minimum atomic E-state index is -2.31. The second-order valence-electron chi connectivity index (χ2n) is 20.3. The van der Waals surface area contributed by atoms with E-state index in [1.165, 1.54) is 21.0 Å². The van der Waals surface area contributed by atoms with Crippen LogP contribution in [0.15, 0.2) is 42.6 Å². The minimum Gasteiger partial charge on any atom is -0.458 e. The van der Waals surface area contributed by atoms with E-state index in [0.29, 0.717) is 6.42 Å². The van der Waals surface area contributed by atoms with Crippen molar-refractivity contribution >= 4 is 34.8 Å². The van der Waals surface area contributed by atoms with E-state index < -0.39 is 113 Å². The summed E-state index contributed by atoms with van der Waals surface area (Å²) in [6, 6.07) is 9.45. The number of carbonyl (C=O) groups is 3. The number of rotatable bonds is 11. The highest BCUT2D eigenvalue weighted by Gasteiger charge is 2.66. The summed E-state index contributed by atoms with van der Waals surface area (Å²) < 4.78 is 51.5. The van der Waals surface area contributed by atoms with E-state index >= 15 is 0 Å². The molecule has 0 spiro atoms. The molecular weight excluding hydrogens is 867 g/mol. The molecule has 374 valence electrons. The second kappa shape index (κ2) is 20.8. The highest BCUT2D eigenvalue weighted by atomic mass is 16.7. The number of amides is 1. The summed E-state index contributed by atoms with van der Waals surface area (Å²) in [6.07, 6.45) is -3.67. The zero-order valence-electron chi connectivity index (χ0n) is 41.5. The number of cyclic esters (lactones) is 1. The number of aliphatic hydroxyl groups is 3. The van der Waals surface area contributed by atoms with Gasteiger partial charge in [-0.3, -0.25) is 19.9 Å². The van der Waals surface area contributed by atoms with Crippen LogP contribution >= 0.6 is 0 Å². The van der Waals surface area contributed by atoms with Crippen molar-refractivity contribution in [1.29, 1.82) is 0 Å². The fourth-order valence-corrected chi connectivity index (χ4v) is 10.9. The third-order valence-electron chi connectivity index (χ3n) is 15.1. The molecular formula is C50H75N3O14. The Balaban J connectivity index is 1.50. The Morgan fingerprint density at radius 1 is 0.970 bits per heavy atom. The molecule has 18 atom stereocenters. The van der Waals surface area contributed by atoms with Crippen molar-refractivity contribution in [1.82, 2.24) is 15.2 Å². The number of likely N-dealkylation sites (N-methyl/N-ethyl adjacent to an activating group) is 1. The first-order valence-electron chi connectivity index (χ1n) is 23.7. The number of hydrogen-bond donors (Lipinski definition) is 4. The number of aromatic nitrogens is 1. The maximum absolute atomic E-state index is 14.9. The Kier molecular flexibility index (Phi) is 16.3. The average Bonchev–Trinajstić information content (AvgIpc) is 3.53. The van der Waals surface area contributed by atoms with E-state index in [2.05, 4.69) is 10.3 Å². The number of methoxy groups -OCH3 is 1. The van der Waals surface area contributed by atoms with Crippen molar-refractivity contribution < 1.29 is 67.6 Å². The molecule has 4 aliphatic heterocycles. The van der Waals surface area contributed by atoms with Gasteiger partial charge in [0, 0.05) is 43.0 Å². The molecule has 1 amide bonds. The second-order valence-corrected chi connectivity index (χ2v) is 20.3. The SMILES string of the molecule is CC[C@H]1OC(=O)[C@H](C)[C@@H](O[C@H]2CC(C)(OC)[C@@H](O)[C@H](C)O2)[C@H](C)[C@@H](O[C@@H]2O[C@H](C)C[C@H](N(C)C)[C@H]2O)[C@](C)(OCC=Cc2cnc3ccccc3c2)C[C@@H](C)C(=O)[C@H](C)[C@@]2(O)NC(=O)O[C@]12C. The predicted molar refractivity (Wildman–Crippen MR) is 247 cm³/mol. The van der Waals surface area contributed by atoms with Crippen LogP contribution in [0.4, 0.5) is 4.79 Å². The van der Waals surface area contributed by atoms with Crippen LogP contribution in [0.3, 0.4) is 0 Å². The number of Topliss-reactive ketones (excluding diaryl/α,β-unsaturated/α-hetero) is 1. The lowest BCUT2D eigenvalue weighted by atomic mass is 9.71. The van der Waals surface area contributed by atoms with Gasteiger partial charge in [-0.2, -0.15) is 0 Å². The lowest BCUT2D eigenvalue weighted by molar-refractivity contribution is -0.320. The van der Waals surface area contributed by atoms with Gasteiger partial charge in [0.05, 0.1) is 59.6 Å². The molecule has 2 aromatic rings. The van der Waals surface area contributed by atoms with Gasteiger partial charge in [0.1, 0.15) is 24.1 Å². The summed E-state index contributed by atoms with van der Waals surface area (Å²) in [4.78, 5) is 49.3. The average molecular weight is 942 g/mol. The lowest BCUT2D eigenvalue weighted by Gasteiger charge is -2.50. The van der Waals surface area contributed by atoms with Crippen LogP contribution in [-0.2, 0) is 47.5 Å². The van der Waals surface area contributed by atoms with Crippen LogP contribution < -0.4 is 5.32 Å². The number of benzene rings is 1. The number of nitrogens with one attached hydrogen (secondary N) is 1. The van der Waals surface area contributed by atoms with Crippen molar-refractivity contribution in [2.24, 2.45) is 23.7 Å². The molecule has 17 nitrogen and oxygen atoms in total. The number of carbonyl (C=O) groups excluding carboxylic acids is 3. The third-order valence-corrected chi connectivity index (χ3v) is 15.1. The number of para-hydroxylation sites is 1. The number of aliphatic hydroxyl groups excluding tert-OH is 2. The van der Waals surface area contributed by atoms with E-state index in [1.807, 2.05) is 82.3 Å². The van der Waals surface area contributed by atoms with Gasteiger partial charge in [-0.25, -0.2) is 4.79 Å².